The summed E-state index contributed by atoms with van der Waals surface area (Å²) in [5, 5.41) is 20.4. The van der Waals surface area contributed by atoms with Gasteiger partial charge in [0.15, 0.2) is 16.5 Å². The lowest BCUT2D eigenvalue weighted by Crippen LogP contribution is -2.15. The van der Waals surface area contributed by atoms with E-state index in [1.54, 1.807) is 47.8 Å². The fourth-order valence-electron chi connectivity index (χ4n) is 2.18. The maximum atomic E-state index is 11.5. The van der Waals surface area contributed by atoms with E-state index in [1.165, 1.54) is 15.7 Å². The van der Waals surface area contributed by atoms with Crippen molar-refractivity contribution >= 4 is 33.8 Å². The van der Waals surface area contributed by atoms with Gasteiger partial charge in [0.25, 0.3) is 0 Å². The molecule has 0 saturated carbocycles. The number of carboxylic acid groups (broad SMARTS) is 1. The maximum absolute atomic E-state index is 11.5. The number of anilines is 2. The van der Waals surface area contributed by atoms with Crippen LogP contribution in [0.15, 0.2) is 35.8 Å². The smallest absolute Gasteiger partial charge is 0.356 e. The van der Waals surface area contributed by atoms with E-state index in [0.717, 1.165) is 0 Å². The SMILES string of the molecule is CN(c1ccccc1C#N)c1nc2sccn2c1C(=O)O. The standard InChI is InChI=1S/C14H10N4O2S/c1-17(10-5-3-2-4-9(10)8-15)12-11(13(19)20)18-6-7-21-14(18)16-12/h2-7H,1H3,(H,19,20). The molecule has 0 fully saturated rings. The van der Waals surface area contributed by atoms with Crippen LogP contribution in [0.2, 0.25) is 0 Å². The van der Waals surface area contributed by atoms with Gasteiger partial charge in [0.2, 0.25) is 0 Å². The molecule has 7 heteroatoms. The van der Waals surface area contributed by atoms with E-state index >= 15 is 0 Å². The van der Waals surface area contributed by atoms with Crippen molar-refractivity contribution in [3.05, 3.63) is 47.1 Å². The summed E-state index contributed by atoms with van der Waals surface area (Å²) in [6, 6.07) is 9.11. The van der Waals surface area contributed by atoms with E-state index in [9.17, 15) is 15.2 Å². The molecule has 0 aliphatic rings. The number of hydrogen-bond acceptors (Lipinski definition) is 5. The minimum atomic E-state index is -1.06. The van der Waals surface area contributed by atoms with Gasteiger partial charge in [-0.05, 0) is 12.1 Å². The van der Waals surface area contributed by atoms with E-state index in [4.69, 9.17) is 0 Å². The number of aromatic nitrogens is 2. The molecule has 0 unspecified atom stereocenters. The van der Waals surface area contributed by atoms with E-state index in [2.05, 4.69) is 11.1 Å². The summed E-state index contributed by atoms with van der Waals surface area (Å²) in [6.07, 6.45) is 1.67. The first kappa shape index (κ1) is 13.1. The predicted octanol–water partition coefficient (Wildman–Crippen LogP) is 2.73. The van der Waals surface area contributed by atoms with Gasteiger partial charge >= 0.3 is 5.97 Å². The zero-order valence-electron chi connectivity index (χ0n) is 11.0. The second kappa shape index (κ2) is 4.92. The van der Waals surface area contributed by atoms with Gasteiger partial charge in [-0.2, -0.15) is 5.26 Å². The highest BCUT2D eigenvalue weighted by molar-refractivity contribution is 7.15. The Morgan fingerprint density at radius 2 is 2.24 bits per heavy atom. The van der Waals surface area contributed by atoms with Crippen LogP contribution < -0.4 is 4.90 Å². The Hall–Kier alpha value is -2.85. The summed E-state index contributed by atoms with van der Waals surface area (Å²) < 4.78 is 1.54. The molecule has 1 aromatic carbocycles. The van der Waals surface area contributed by atoms with Gasteiger partial charge in [-0.25, -0.2) is 9.78 Å². The van der Waals surface area contributed by atoms with Crippen molar-refractivity contribution < 1.29 is 9.90 Å². The molecular formula is C14H10N4O2S. The number of nitriles is 1. The first-order valence-corrected chi connectivity index (χ1v) is 6.93. The third kappa shape index (κ3) is 2.02. The van der Waals surface area contributed by atoms with Crippen molar-refractivity contribution in [2.75, 3.05) is 11.9 Å². The monoisotopic (exact) mass is 298 g/mol. The van der Waals surface area contributed by atoms with E-state index in [-0.39, 0.29) is 5.69 Å². The molecule has 104 valence electrons. The molecule has 0 saturated heterocycles. The first-order chi connectivity index (χ1) is 10.1. The lowest BCUT2D eigenvalue weighted by Gasteiger charge is -2.18. The van der Waals surface area contributed by atoms with Crippen molar-refractivity contribution in [3.8, 4) is 6.07 Å². The normalized spacial score (nSPS) is 10.5. The highest BCUT2D eigenvalue weighted by atomic mass is 32.1. The highest BCUT2D eigenvalue weighted by Gasteiger charge is 2.23. The largest absolute Gasteiger partial charge is 0.476 e. The number of fused-ring (bicyclic) bond motifs is 1. The van der Waals surface area contributed by atoms with Gasteiger partial charge in [-0.3, -0.25) is 4.40 Å². The Kier molecular flexibility index (Phi) is 3.08. The number of benzene rings is 1. The zero-order chi connectivity index (χ0) is 15.0. The van der Waals surface area contributed by atoms with Crippen LogP contribution in [0.5, 0.6) is 0 Å². The Morgan fingerprint density at radius 1 is 1.48 bits per heavy atom. The minimum absolute atomic E-state index is 0.0847. The number of imidazole rings is 1. The molecule has 0 spiro atoms. The summed E-state index contributed by atoms with van der Waals surface area (Å²) in [6.45, 7) is 0. The first-order valence-electron chi connectivity index (χ1n) is 6.05. The molecule has 21 heavy (non-hydrogen) atoms. The fourth-order valence-corrected chi connectivity index (χ4v) is 2.89. The molecule has 2 aromatic heterocycles. The number of thiazole rings is 1. The Morgan fingerprint density at radius 3 is 2.95 bits per heavy atom. The molecule has 3 rings (SSSR count). The second-order valence-corrected chi connectivity index (χ2v) is 5.21. The Bertz CT molecular complexity index is 875. The number of carbonyl (C=O) groups is 1. The Labute approximate surface area is 124 Å². The quantitative estimate of drug-likeness (QED) is 0.804. The predicted molar refractivity (Wildman–Crippen MR) is 79.2 cm³/mol. The van der Waals surface area contributed by atoms with Gasteiger partial charge in [-0.15, -0.1) is 11.3 Å². The second-order valence-electron chi connectivity index (χ2n) is 4.33. The lowest BCUT2D eigenvalue weighted by atomic mass is 10.2. The van der Waals surface area contributed by atoms with Crippen LogP contribution in [-0.4, -0.2) is 27.5 Å². The van der Waals surface area contributed by atoms with Crippen molar-refractivity contribution in [1.82, 2.24) is 9.38 Å². The van der Waals surface area contributed by atoms with Crippen LogP contribution in [0.4, 0.5) is 11.5 Å². The van der Waals surface area contributed by atoms with Crippen LogP contribution in [0, 0.1) is 11.3 Å². The van der Waals surface area contributed by atoms with Crippen molar-refractivity contribution in [2.45, 2.75) is 0 Å². The number of nitrogens with zero attached hydrogens (tertiary/aromatic N) is 4. The van der Waals surface area contributed by atoms with Crippen molar-refractivity contribution in [2.24, 2.45) is 0 Å². The highest BCUT2D eigenvalue weighted by Crippen LogP contribution is 2.30. The third-order valence-corrected chi connectivity index (χ3v) is 3.91. The minimum Gasteiger partial charge on any atom is -0.476 e. The summed E-state index contributed by atoms with van der Waals surface area (Å²) in [5.41, 5.74) is 1.17. The molecule has 6 nitrogen and oxygen atoms in total. The average molecular weight is 298 g/mol. The van der Waals surface area contributed by atoms with E-state index < -0.39 is 5.97 Å². The van der Waals surface area contributed by atoms with Crippen LogP contribution in [0.3, 0.4) is 0 Å². The molecule has 2 heterocycles. The van der Waals surface area contributed by atoms with Gasteiger partial charge in [-0.1, -0.05) is 12.1 Å². The van der Waals surface area contributed by atoms with Crippen molar-refractivity contribution in [3.63, 3.8) is 0 Å². The third-order valence-electron chi connectivity index (χ3n) is 3.15. The fraction of sp³-hybridized carbons (Fsp3) is 0.0714. The number of aromatic carboxylic acids is 1. The number of rotatable bonds is 3. The molecule has 0 bridgehead atoms. The maximum Gasteiger partial charge on any atom is 0.356 e. The number of hydrogen-bond donors (Lipinski definition) is 1. The lowest BCUT2D eigenvalue weighted by molar-refractivity contribution is 0.0690. The summed E-state index contributed by atoms with van der Waals surface area (Å²) in [5.74, 6) is -0.741. The molecule has 3 aromatic rings. The topological polar surface area (TPSA) is 81.6 Å². The molecule has 0 radical (unpaired) electrons. The van der Waals surface area contributed by atoms with Gasteiger partial charge < -0.3 is 10.0 Å². The van der Waals surface area contributed by atoms with Crippen LogP contribution in [0.1, 0.15) is 16.1 Å². The summed E-state index contributed by atoms with van der Waals surface area (Å²) in [7, 11) is 1.70. The van der Waals surface area contributed by atoms with Gasteiger partial charge in [0, 0.05) is 18.6 Å². The van der Waals surface area contributed by atoms with E-state index in [1.807, 2.05) is 0 Å². The van der Waals surface area contributed by atoms with Gasteiger partial charge in [0.05, 0.1) is 11.3 Å². The molecular weight excluding hydrogens is 288 g/mol. The van der Waals surface area contributed by atoms with Crippen molar-refractivity contribution in [1.29, 1.82) is 5.26 Å². The summed E-state index contributed by atoms with van der Waals surface area (Å²) >= 11 is 1.36. The summed E-state index contributed by atoms with van der Waals surface area (Å²) in [4.78, 5) is 18.1. The van der Waals surface area contributed by atoms with Crippen LogP contribution >= 0.6 is 11.3 Å². The molecule has 1 N–H and O–H groups in total. The molecule has 0 atom stereocenters. The van der Waals surface area contributed by atoms with E-state index in [0.29, 0.717) is 22.0 Å². The van der Waals surface area contributed by atoms with Gasteiger partial charge in [0.1, 0.15) is 6.07 Å². The van der Waals surface area contributed by atoms with Crippen LogP contribution in [0.25, 0.3) is 4.96 Å². The zero-order valence-corrected chi connectivity index (χ0v) is 11.8. The average Bonchev–Trinajstić information content (AvgIpc) is 3.06. The van der Waals surface area contributed by atoms with Crippen LogP contribution in [-0.2, 0) is 0 Å². The number of para-hydroxylation sites is 1. The number of carboxylic acids is 1. The molecule has 0 aliphatic heterocycles. The molecule has 0 aliphatic carbocycles. The Balaban J connectivity index is 2.20. The molecule has 0 amide bonds.